The molecule has 0 spiro atoms. The second-order valence-electron chi connectivity index (χ2n) is 5.68. The number of carbonyl (C=O) groups excluding carboxylic acids is 1. The zero-order chi connectivity index (χ0) is 19.2. The number of ether oxygens (including phenoxy) is 2. The van der Waals surface area contributed by atoms with E-state index in [1.54, 1.807) is 7.05 Å². The number of aromatic nitrogens is 1. The van der Waals surface area contributed by atoms with Crippen LogP contribution < -0.4 is 9.47 Å². The number of benzene rings is 1. The molecule has 0 saturated heterocycles. The van der Waals surface area contributed by atoms with Crippen LogP contribution in [0.3, 0.4) is 0 Å². The molecule has 0 saturated carbocycles. The van der Waals surface area contributed by atoms with E-state index in [1.807, 2.05) is 31.2 Å². The molecule has 2 rings (SSSR count). The third kappa shape index (κ3) is 6.27. The summed E-state index contributed by atoms with van der Waals surface area (Å²) in [6.07, 6.45) is -3.25. The van der Waals surface area contributed by atoms with E-state index in [-0.39, 0.29) is 17.4 Å². The highest BCUT2D eigenvalue weighted by atomic mass is 19.4. The highest BCUT2D eigenvalue weighted by Crippen LogP contribution is 2.17. The van der Waals surface area contributed by atoms with Crippen molar-refractivity contribution >= 4 is 5.91 Å². The van der Waals surface area contributed by atoms with Crippen molar-refractivity contribution in [3.63, 3.8) is 0 Å². The number of aryl methyl sites for hydroxylation is 1. The minimum atomic E-state index is -4.44. The molecule has 2 aromatic rings. The lowest BCUT2D eigenvalue weighted by Crippen LogP contribution is -2.31. The lowest BCUT2D eigenvalue weighted by atomic mass is 10.2. The van der Waals surface area contributed by atoms with Gasteiger partial charge in [-0.3, -0.25) is 4.79 Å². The molecule has 0 radical (unpaired) electrons. The highest BCUT2D eigenvalue weighted by Gasteiger charge is 2.28. The monoisotopic (exact) mass is 368 g/mol. The predicted molar refractivity (Wildman–Crippen MR) is 89.4 cm³/mol. The lowest BCUT2D eigenvalue weighted by molar-refractivity contribution is -0.154. The Balaban J connectivity index is 1.83. The van der Waals surface area contributed by atoms with Gasteiger partial charge in [-0.15, -0.1) is 0 Å². The van der Waals surface area contributed by atoms with Crippen molar-refractivity contribution < 1.29 is 27.4 Å². The van der Waals surface area contributed by atoms with E-state index in [0.29, 0.717) is 13.2 Å². The predicted octanol–water partition coefficient (Wildman–Crippen LogP) is 3.48. The molecule has 0 N–H and O–H groups in total. The van der Waals surface area contributed by atoms with E-state index in [2.05, 4.69) is 9.72 Å². The van der Waals surface area contributed by atoms with E-state index in [1.165, 1.54) is 23.2 Å². The zero-order valence-electron chi connectivity index (χ0n) is 14.4. The van der Waals surface area contributed by atoms with E-state index < -0.39 is 12.8 Å². The summed E-state index contributed by atoms with van der Waals surface area (Å²) in [5.41, 5.74) is 1.33. The maximum absolute atomic E-state index is 12.3. The standard InChI is InChI=1S/C18H19F3N2O3/c1-13-4-3-5-15(10-13)25-9-8-23(2)17(24)14-6-7-16(22-11-14)26-12-18(19,20)21/h3-7,10-11H,8-9,12H2,1-2H3. The lowest BCUT2D eigenvalue weighted by Gasteiger charge is -2.17. The van der Waals surface area contributed by atoms with Gasteiger partial charge in [-0.25, -0.2) is 4.98 Å². The Kier molecular flexibility index (Phi) is 6.43. The molecule has 26 heavy (non-hydrogen) atoms. The maximum atomic E-state index is 12.3. The highest BCUT2D eigenvalue weighted by molar-refractivity contribution is 5.93. The molecule has 5 nitrogen and oxygen atoms in total. The molecule has 0 aliphatic heterocycles. The van der Waals surface area contributed by atoms with Crippen LogP contribution in [0.25, 0.3) is 0 Å². The SMILES string of the molecule is Cc1cccc(OCCN(C)C(=O)c2ccc(OCC(F)(F)F)nc2)c1. The van der Waals surface area contributed by atoms with Crippen molar-refractivity contribution in [3.8, 4) is 11.6 Å². The number of rotatable bonds is 7. The first-order chi connectivity index (χ1) is 12.2. The maximum Gasteiger partial charge on any atom is 0.422 e. The molecule has 8 heteroatoms. The van der Waals surface area contributed by atoms with Gasteiger partial charge in [-0.05, 0) is 30.7 Å². The van der Waals surface area contributed by atoms with E-state index in [0.717, 1.165) is 11.3 Å². The summed E-state index contributed by atoms with van der Waals surface area (Å²) in [4.78, 5) is 17.4. The van der Waals surface area contributed by atoms with Crippen LogP contribution in [0.4, 0.5) is 13.2 Å². The van der Waals surface area contributed by atoms with Gasteiger partial charge in [0.2, 0.25) is 5.88 Å². The Morgan fingerprint density at radius 1 is 1.19 bits per heavy atom. The number of amides is 1. The van der Waals surface area contributed by atoms with Gasteiger partial charge in [0.05, 0.1) is 12.1 Å². The van der Waals surface area contributed by atoms with Gasteiger partial charge in [0.15, 0.2) is 6.61 Å². The van der Waals surface area contributed by atoms with Crippen LogP contribution in [0.15, 0.2) is 42.6 Å². The number of halogens is 3. The van der Waals surface area contributed by atoms with Gasteiger partial charge in [-0.1, -0.05) is 12.1 Å². The summed E-state index contributed by atoms with van der Waals surface area (Å²) in [5.74, 6) is 0.218. The molecule has 0 aliphatic carbocycles. The summed E-state index contributed by atoms with van der Waals surface area (Å²) in [5, 5.41) is 0. The summed E-state index contributed by atoms with van der Waals surface area (Å²) in [7, 11) is 1.61. The number of pyridine rings is 1. The molecular formula is C18H19F3N2O3. The summed E-state index contributed by atoms with van der Waals surface area (Å²) in [6.45, 7) is 1.19. The Labute approximate surface area is 149 Å². The van der Waals surface area contributed by atoms with Gasteiger partial charge < -0.3 is 14.4 Å². The van der Waals surface area contributed by atoms with E-state index in [4.69, 9.17) is 4.74 Å². The number of hydrogen-bond acceptors (Lipinski definition) is 4. The van der Waals surface area contributed by atoms with Crippen molar-refractivity contribution in [1.29, 1.82) is 0 Å². The van der Waals surface area contributed by atoms with Crippen molar-refractivity contribution in [2.45, 2.75) is 13.1 Å². The van der Waals surface area contributed by atoms with Crippen LogP contribution >= 0.6 is 0 Å². The Morgan fingerprint density at radius 2 is 1.96 bits per heavy atom. The van der Waals surface area contributed by atoms with Gasteiger partial charge in [0.25, 0.3) is 5.91 Å². The molecule has 0 fully saturated rings. The van der Waals surface area contributed by atoms with Crippen molar-refractivity contribution in [1.82, 2.24) is 9.88 Å². The molecule has 1 heterocycles. The molecule has 140 valence electrons. The number of likely N-dealkylation sites (N-methyl/N-ethyl adjacent to an activating group) is 1. The third-order valence-electron chi connectivity index (χ3n) is 3.40. The second kappa shape index (κ2) is 8.55. The minimum absolute atomic E-state index is 0.190. The zero-order valence-corrected chi connectivity index (χ0v) is 14.4. The topological polar surface area (TPSA) is 51.7 Å². The normalized spacial score (nSPS) is 11.1. The molecule has 1 aromatic heterocycles. The number of nitrogens with zero attached hydrogens (tertiary/aromatic N) is 2. The van der Waals surface area contributed by atoms with Crippen molar-refractivity contribution in [2.24, 2.45) is 0 Å². The largest absolute Gasteiger partial charge is 0.492 e. The number of alkyl halides is 3. The van der Waals surface area contributed by atoms with Crippen molar-refractivity contribution in [2.75, 3.05) is 26.8 Å². The minimum Gasteiger partial charge on any atom is -0.492 e. The molecule has 0 bridgehead atoms. The van der Waals surface area contributed by atoms with Crippen LogP contribution in [0.5, 0.6) is 11.6 Å². The van der Waals surface area contributed by atoms with Crippen LogP contribution in [0.1, 0.15) is 15.9 Å². The van der Waals surface area contributed by atoms with Gasteiger partial charge >= 0.3 is 6.18 Å². The Bertz CT molecular complexity index is 733. The first-order valence-corrected chi connectivity index (χ1v) is 7.85. The summed E-state index contributed by atoms with van der Waals surface area (Å²) in [6, 6.07) is 10.2. The Morgan fingerprint density at radius 3 is 2.58 bits per heavy atom. The first kappa shape index (κ1) is 19.6. The number of hydrogen-bond donors (Lipinski definition) is 0. The quantitative estimate of drug-likeness (QED) is 0.751. The van der Waals surface area contributed by atoms with Crippen LogP contribution in [-0.4, -0.2) is 48.8 Å². The van der Waals surface area contributed by atoms with Gasteiger partial charge in [-0.2, -0.15) is 13.2 Å². The third-order valence-corrected chi connectivity index (χ3v) is 3.40. The average Bonchev–Trinajstić information content (AvgIpc) is 2.59. The summed E-state index contributed by atoms with van der Waals surface area (Å²) < 4.78 is 46.4. The molecule has 1 aromatic carbocycles. The van der Waals surface area contributed by atoms with Crippen LogP contribution in [0, 0.1) is 6.92 Å². The Hall–Kier alpha value is -2.77. The molecule has 0 aliphatic rings. The number of carbonyl (C=O) groups is 1. The molecular weight excluding hydrogens is 349 g/mol. The second-order valence-corrected chi connectivity index (χ2v) is 5.68. The first-order valence-electron chi connectivity index (χ1n) is 7.85. The fourth-order valence-electron chi connectivity index (χ4n) is 2.08. The van der Waals surface area contributed by atoms with Gasteiger partial charge in [0, 0.05) is 19.3 Å². The fourth-order valence-corrected chi connectivity index (χ4v) is 2.08. The van der Waals surface area contributed by atoms with Gasteiger partial charge in [0.1, 0.15) is 12.4 Å². The van der Waals surface area contributed by atoms with E-state index in [9.17, 15) is 18.0 Å². The van der Waals surface area contributed by atoms with Crippen LogP contribution in [0.2, 0.25) is 0 Å². The van der Waals surface area contributed by atoms with Crippen LogP contribution in [-0.2, 0) is 0 Å². The fraction of sp³-hybridized carbons (Fsp3) is 0.333. The molecule has 0 atom stereocenters. The van der Waals surface area contributed by atoms with E-state index >= 15 is 0 Å². The molecule has 0 unspecified atom stereocenters. The smallest absolute Gasteiger partial charge is 0.422 e. The average molecular weight is 368 g/mol. The summed E-state index contributed by atoms with van der Waals surface area (Å²) >= 11 is 0. The molecule has 1 amide bonds. The van der Waals surface area contributed by atoms with Crippen molar-refractivity contribution in [3.05, 3.63) is 53.7 Å².